The van der Waals surface area contributed by atoms with Crippen LogP contribution in [-0.2, 0) is 14.8 Å². The van der Waals surface area contributed by atoms with Crippen molar-refractivity contribution in [3.05, 3.63) is 15.4 Å². The van der Waals surface area contributed by atoms with Gasteiger partial charge in [0.2, 0.25) is 0 Å². The fourth-order valence-corrected chi connectivity index (χ4v) is 5.75. The maximum atomic E-state index is 12.2. The van der Waals surface area contributed by atoms with Gasteiger partial charge in [0.05, 0.1) is 10.2 Å². The van der Waals surface area contributed by atoms with Crippen molar-refractivity contribution in [1.29, 1.82) is 0 Å². The minimum Gasteiger partial charge on any atom is -0.481 e. The van der Waals surface area contributed by atoms with E-state index in [1.165, 1.54) is 15.6 Å². The van der Waals surface area contributed by atoms with E-state index in [1.807, 2.05) is 6.92 Å². The number of aryl methyl sites for hydroxylation is 1. The van der Waals surface area contributed by atoms with E-state index in [0.29, 0.717) is 17.3 Å². The van der Waals surface area contributed by atoms with Crippen LogP contribution >= 0.6 is 27.3 Å². The van der Waals surface area contributed by atoms with Gasteiger partial charge in [0.25, 0.3) is 10.0 Å². The van der Waals surface area contributed by atoms with E-state index in [2.05, 4.69) is 15.9 Å². The number of sulfonamides is 1. The molecule has 0 unspecified atom stereocenters. The number of carbonyl (C=O) groups is 1. The van der Waals surface area contributed by atoms with Gasteiger partial charge < -0.3 is 5.11 Å². The maximum absolute atomic E-state index is 12.2. The molecule has 0 radical (unpaired) electrons. The number of halogens is 1. The van der Waals surface area contributed by atoms with Gasteiger partial charge >= 0.3 is 5.97 Å². The molecule has 100 valence electrons. The summed E-state index contributed by atoms with van der Waals surface area (Å²) >= 11 is 4.48. The van der Waals surface area contributed by atoms with E-state index >= 15 is 0 Å². The van der Waals surface area contributed by atoms with Crippen LogP contribution in [0.3, 0.4) is 0 Å². The van der Waals surface area contributed by atoms with Crippen LogP contribution in [0.25, 0.3) is 0 Å². The summed E-state index contributed by atoms with van der Waals surface area (Å²) < 4.78 is 26.8. The Morgan fingerprint density at radius 1 is 1.61 bits per heavy atom. The number of rotatable bonds is 4. The van der Waals surface area contributed by atoms with Crippen molar-refractivity contribution in [2.75, 3.05) is 13.1 Å². The molecule has 0 aromatic carbocycles. The summed E-state index contributed by atoms with van der Waals surface area (Å²) in [7, 11) is -3.44. The Balaban J connectivity index is 2.08. The van der Waals surface area contributed by atoms with Crippen LogP contribution in [0.4, 0.5) is 0 Å². The third kappa shape index (κ3) is 2.61. The Morgan fingerprint density at radius 3 is 2.67 bits per heavy atom. The summed E-state index contributed by atoms with van der Waals surface area (Å²) in [5.41, 5.74) is 0.890. The third-order valence-corrected chi connectivity index (χ3v) is 7.23. The molecule has 0 spiro atoms. The van der Waals surface area contributed by atoms with Gasteiger partial charge in [0, 0.05) is 13.1 Å². The van der Waals surface area contributed by atoms with Crippen LogP contribution in [0, 0.1) is 12.8 Å². The first-order valence-electron chi connectivity index (χ1n) is 5.28. The molecule has 18 heavy (non-hydrogen) atoms. The van der Waals surface area contributed by atoms with E-state index in [1.54, 1.807) is 6.07 Å². The lowest BCUT2D eigenvalue weighted by atomic mass is 10.00. The summed E-state index contributed by atoms with van der Waals surface area (Å²) in [6, 6.07) is 1.63. The first-order chi connectivity index (χ1) is 8.30. The Morgan fingerprint density at radius 2 is 2.22 bits per heavy atom. The van der Waals surface area contributed by atoms with Crippen LogP contribution in [0.1, 0.15) is 12.0 Å². The third-order valence-electron chi connectivity index (χ3n) is 2.82. The number of hydrogen-bond donors (Lipinski definition) is 1. The fraction of sp³-hybridized carbons (Fsp3) is 0.500. The molecular formula is C10H12BrNO4S2. The normalized spacial score (nSPS) is 17.7. The van der Waals surface area contributed by atoms with Crippen LogP contribution in [0.2, 0.25) is 0 Å². The van der Waals surface area contributed by atoms with Crippen LogP contribution in [-0.4, -0.2) is 36.9 Å². The quantitative estimate of drug-likeness (QED) is 0.896. The van der Waals surface area contributed by atoms with Gasteiger partial charge in [-0.25, -0.2) is 8.42 Å². The van der Waals surface area contributed by atoms with Gasteiger partial charge in [0.15, 0.2) is 0 Å². The van der Waals surface area contributed by atoms with Crippen LogP contribution < -0.4 is 0 Å². The molecule has 1 aromatic heterocycles. The number of thiophene rings is 1. The van der Waals surface area contributed by atoms with Gasteiger partial charge in [-0.2, -0.15) is 4.31 Å². The molecule has 1 aliphatic rings. The molecule has 0 atom stereocenters. The van der Waals surface area contributed by atoms with Crippen molar-refractivity contribution in [3.8, 4) is 0 Å². The van der Waals surface area contributed by atoms with E-state index in [4.69, 9.17) is 5.11 Å². The van der Waals surface area contributed by atoms with E-state index in [0.717, 1.165) is 9.35 Å². The minimum absolute atomic E-state index is 0.0270. The average molecular weight is 354 g/mol. The monoisotopic (exact) mass is 353 g/mol. The summed E-state index contributed by atoms with van der Waals surface area (Å²) in [6.07, 6.45) is 0.0270. The predicted molar refractivity (Wildman–Crippen MR) is 71.3 cm³/mol. The SMILES string of the molecule is Cc1cc(S(=O)(=O)N2CC(CC(=O)O)C2)sc1Br. The number of carboxylic acid groups (broad SMARTS) is 1. The van der Waals surface area contributed by atoms with Crippen molar-refractivity contribution in [2.45, 2.75) is 17.6 Å². The molecule has 0 bridgehead atoms. The number of carboxylic acids is 1. The molecule has 2 rings (SSSR count). The molecule has 2 heterocycles. The molecule has 8 heteroatoms. The highest BCUT2D eigenvalue weighted by Crippen LogP contribution is 2.35. The largest absolute Gasteiger partial charge is 0.481 e. The van der Waals surface area contributed by atoms with Crippen molar-refractivity contribution in [3.63, 3.8) is 0 Å². The molecule has 5 nitrogen and oxygen atoms in total. The number of aliphatic carboxylic acids is 1. The van der Waals surface area contributed by atoms with Gasteiger partial charge in [-0.3, -0.25) is 4.79 Å². The topological polar surface area (TPSA) is 74.7 Å². The minimum atomic E-state index is -3.44. The number of hydrogen-bond acceptors (Lipinski definition) is 4. The lowest BCUT2D eigenvalue weighted by molar-refractivity contribution is -0.139. The summed E-state index contributed by atoms with van der Waals surface area (Å²) in [4.78, 5) is 10.5. The zero-order chi connectivity index (χ0) is 13.5. The molecule has 0 aliphatic carbocycles. The van der Waals surface area contributed by atoms with Gasteiger partial charge in [-0.1, -0.05) is 0 Å². The highest BCUT2D eigenvalue weighted by molar-refractivity contribution is 9.11. The Hall–Kier alpha value is -0.440. The second kappa shape index (κ2) is 4.92. The van der Waals surface area contributed by atoms with E-state index in [-0.39, 0.29) is 12.3 Å². The van der Waals surface area contributed by atoms with Crippen molar-refractivity contribution >= 4 is 43.3 Å². The second-order valence-corrected chi connectivity index (χ2v) is 8.84. The molecule has 1 saturated heterocycles. The van der Waals surface area contributed by atoms with Crippen molar-refractivity contribution < 1.29 is 18.3 Å². The summed E-state index contributed by atoms with van der Waals surface area (Å²) in [6.45, 7) is 2.43. The summed E-state index contributed by atoms with van der Waals surface area (Å²) in [5.74, 6) is -0.950. The molecule has 1 aromatic rings. The highest BCUT2D eigenvalue weighted by atomic mass is 79.9. The van der Waals surface area contributed by atoms with E-state index < -0.39 is 16.0 Å². The fourth-order valence-electron chi connectivity index (χ4n) is 1.78. The van der Waals surface area contributed by atoms with Gasteiger partial charge in [-0.15, -0.1) is 11.3 Å². The lowest BCUT2D eigenvalue weighted by Gasteiger charge is -2.36. The van der Waals surface area contributed by atoms with Gasteiger partial charge in [0.1, 0.15) is 4.21 Å². The molecule has 0 saturated carbocycles. The zero-order valence-corrected chi connectivity index (χ0v) is 12.8. The molecule has 1 fully saturated rings. The molecular weight excluding hydrogens is 342 g/mol. The Labute approximate surface area is 118 Å². The first-order valence-corrected chi connectivity index (χ1v) is 8.33. The Bertz CT molecular complexity index is 555. The zero-order valence-electron chi connectivity index (χ0n) is 9.59. The summed E-state index contributed by atoms with van der Waals surface area (Å²) in [5, 5.41) is 8.62. The molecule has 0 amide bonds. The molecule has 1 aliphatic heterocycles. The predicted octanol–water partition coefficient (Wildman–Crippen LogP) is 1.91. The van der Waals surface area contributed by atoms with Crippen LogP contribution in [0.5, 0.6) is 0 Å². The van der Waals surface area contributed by atoms with Crippen molar-refractivity contribution in [2.24, 2.45) is 5.92 Å². The number of nitrogens with zero attached hydrogens (tertiary/aromatic N) is 1. The maximum Gasteiger partial charge on any atom is 0.303 e. The smallest absolute Gasteiger partial charge is 0.303 e. The standard InChI is InChI=1S/C10H12BrNO4S2/c1-6-2-9(17-10(6)11)18(15,16)12-4-7(5-12)3-8(13)14/h2,7H,3-5H2,1H3,(H,13,14). The van der Waals surface area contributed by atoms with Gasteiger partial charge in [-0.05, 0) is 40.4 Å². The molecule has 1 N–H and O–H groups in total. The Kier molecular flexibility index (Phi) is 3.82. The van der Waals surface area contributed by atoms with E-state index in [9.17, 15) is 13.2 Å². The first kappa shape index (κ1) is 14.0. The van der Waals surface area contributed by atoms with Crippen LogP contribution in [0.15, 0.2) is 14.1 Å². The van der Waals surface area contributed by atoms with Crippen molar-refractivity contribution in [1.82, 2.24) is 4.31 Å². The average Bonchev–Trinajstić information content (AvgIpc) is 2.52. The lowest BCUT2D eigenvalue weighted by Crippen LogP contribution is -2.50. The second-order valence-electron chi connectivity index (χ2n) is 4.31. The highest BCUT2D eigenvalue weighted by Gasteiger charge is 2.38.